The van der Waals surface area contributed by atoms with Crippen molar-refractivity contribution in [3.8, 4) is 0 Å². The topological polar surface area (TPSA) is 59.0 Å². The molecule has 1 spiro atoms. The van der Waals surface area contributed by atoms with Gasteiger partial charge in [-0.05, 0) is 18.8 Å². The lowest BCUT2D eigenvalue weighted by molar-refractivity contribution is -0.142. The van der Waals surface area contributed by atoms with E-state index in [0.29, 0.717) is 25.2 Å². The average Bonchev–Trinajstić information content (AvgIpc) is 2.75. The van der Waals surface area contributed by atoms with Gasteiger partial charge in [0.25, 0.3) is 0 Å². The summed E-state index contributed by atoms with van der Waals surface area (Å²) in [7, 11) is 0. The van der Waals surface area contributed by atoms with Crippen LogP contribution < -0.4 is 0 Å². The maximum absolute atomic E-state index is 11.0. The highest BCUT2D eigenvalue weighted by molar-refractivity contribution is 5.69. The van der Waals surface area contributed by atoms with Crippen molar-refractivity contribution in [1.82, 2.24) is 4.90 Å². The third kappa shape index (κ3) is 3.91. The van der Waals surface area contributed by atoms with E-state index in [1.807, 2.05) is 0 Å². The highest BCUT2D eigenvalue weighted by Crippen LogP contribution is 2.34. The molecule has 110 valence electrons. The van der Waals surface area contributed by atoms with Crippen LogP contribution in [0.2, 0.25) is 0 Å². The van der Waals surface area contributed by atoms with Crippen LogP contribution in [0.1, 0.15) is 33.1 Å². The van der Waals surface area contributed by atoms with Gasteiger partial charge in [-0.2, -0.15) is 0 Å². The highest BCUT2D eigenvalue weighted by Gasteiger charge is 2.42. The van der Waals surface area contributed by atoms with Gasteiger partial charge in [0.2, 0.25) is 0 Å². The predicted molar refractivity (Wildman–Crippen MR) is 71.2 cm³/mol. The monoisotopic (exact) mass is 271 g/mol. The van der Waals surface area contributed by atoms with Crippen LogP contribution in [0.15, 0.2) is 0 Å². The van der Waals surface area contributed by atoms with E-state index in [1.54, 1.807) is 0 Å². The molecule has 2 saturated heterocycles. The smallest absolute Gasteiger partial charge is 0.317 e. The van der Waals surface area contributed by atoms with Gasteiger partial charge in [-0.25, -0.2) is 0 Å². The summed E-state index contributed by atoms with van der Waals surface area (Å²) in [6, 6.07) is 0.300. The van der Waals surface area contributed by atoms with Crippen molar-refractivity contribution in [2.45, 2.75) is 44.8 Å². The van der Waals surface area contributed by atoms with E-state index in [4.69, 9.17) is 14.6 Å². The second-order valence-corrected chi connectivity index (χ2v) is 6.20. The number of rotatable bonds is 5. The molecule has 2 aliphatic heterocycles. The minimum atomic E-state index is -0.746. The summed E-state index contributed by atoms with van der Waals surface area (Å²) < 4.78 is 11.4. The zero-order valence-electron chi connectivity index (χ0n) is 11.9. The Bertz CT molecular complexity index is 313. The number of carboxylic acids is 1. The van der Waals surface area contributed by atoms with E-state index in [9.17, 15) is 4.79 Å². The molecule has 2 atom stereocenters. The van der Waals surface area contributed by atoms with Gasteiger partial charge < -0.3 is 14.6 Å². The third-order valence-corrected chi connectivity index (χ3v) is 3.99. The Hall–Kier alpha value is -0.650. The third-order valence-electron chi connectivity index (χ3n) is 3.99. The SMILES string of the molecule is CC(C)CN(CC(=O)O)C1CCOC2(CCOC2)C1. The first-order valence-corrected chi connectivity index (χ1v) is 7.18. The summed E-state index contributed by atoms with van der Waals surface area (Å²) in [5, 5.41) is 9.09. The first-order chi connectivity index (χ1) is 9.01. The average molecular weight is 271 g/mol. The molecule has 0 aliphatic carbocycles. The van der Waals surface area contributed by atoms with Gasteiger partial charge >= 0.3 is 5.97 Å². The number of carboxylic acid groups (broad SMARTS) is 1. The van der Waals surface area contributed by atoms with E-state index >= 15 is 0 Å². The molecule has 0 aromatic rings. The molecule has 0 bridgehead atoms. The fraction of sp³-hybridized carbons (Fsp3) is 0.929. The minimum Gasteiger partial charge on any atom is -0.480 e. The van der Waals surface area contributed by atoms with Crippen LogP contribution in [0.3, 0.4) is 0 Å². The molecule has 0 aromatic carbocycles. The van der Waals surface area contributed by atoms with Crippen LogP contribution in [-0.4, -0.2) is 60.5 Å². The Kier molecular flexibility index (Phi) is 4.81. The number of ether oxygens (including phenoxy) is 2. The second-order valence-electron chi connectivity index (χ2n) is 6.20. The molecular formula is C14H25NO4. The zero-order valence-corrected chi connectivity index (χ0v) is 11.9. The molecule has 5 heteroatoms. The molecule has 0 saturated carbocycles. The summed E-state index contributed by atoms with van der Waals surface area (Å²) in [6.45, 7) is 7.34. The summed E-state index contributed by atoms with van der Waals surface area (Å²) >= 11 is 0. The predicted octanol–water partition coefficient (Wildman–Crippen LogP) is 1.37. The number of nitrogens with zero attached hydrogens (tertiary/aromatic N) is 1. The molecule has 2 unspecified atom stereocenters. The summed E-state index contributed by atoms with van der Waals surface area (Å²) in [4.78, 5) is 13.2. The summed E-state index contributed by atoms with van der Waals surface area (Å²) in [6.07, 6.45) is 2.75. The van der Waals surface area contributed by atoms with E-state index in [1.165, 1.54) is 0 Å². The summed E-state index contributed by atoms with van der Waals surface area (Å²) in [5.41, 5.74) is -0.156. The molecule has 5 nitrogen and oxygen atoms in total. The molecule has 1 N–H and O–H groups in total. The fourth-order valence-corrected chi connectivity index (χ4v) is 3.16. The van der Waals surface area contributed by atoms with Crippen molar-refractivity contribution in [2.24, 2.45) is 5.92 Å². The van der Waals surface area contributed by atoms with E-state index in [2.05, 4.69) is 18.7 Å². The second kappa shape index (κ2) is 6.20. The highest BCUT2D eigenvalue weighted by atomic mass is 16.6. The molecule has 0 aromatic heterocycles. The van der Waals surface area contributed by atoms with E-state index in [0.717, 1.165) is 32.4 Å². The van der Waals surface area contributed by atoms with Crippen LogP contribution in [0, 0.1) is 5.92 Å². The maximum Gasteiger partial charge on any atom is 0.317 e. The molecule has 0 amide bonds. The van der Waals surface area contributed by atoms with Crippen LogP contribution in [0.5, 0.6) is 0 Å². The van der Waals surface area contributed by atoms with E-state index in [-0.39, 0.29) is 12.1 Å². The van der Waals surface area contributed by atoms with Crippen LogP contribution in [0.25, 0.3) is 0 Å². The van der Waals surface area contributed by atoms with Crippen molar-refractivity contribution in [3.05, 3.63) is 0 Å². The number of carbonyl (C=O) groups is 1. The molecule has 19 heavy (non-hydrogen) atoms. The van der Waals surface area contributed by atoms with Gasteiger partial charge in [0.05, 0.1) is 18.8 Å². The lowest BCUT2D eigenvalue weighted by Gasteiger charge is -2.42. The Morgan fingerprint density at radius 3 is 2.84 bits per heavy atom. The molecule has 2 fully saturated rings. The number of hydrogen-bond acceptors (Lipinski definition) is 4. The van der Waals surface area contributed by atoms with Crippen molar-refractivity contribution >= 4 is 5.97 Å². The Balaban J connectivity index is 2.01. The van der Waals surface area contributed by atoms with Gasteiger partial charge in [-0.15, -0.1) is 0 Å². The van der Waals surface area contributed by atoms with Gasteiger partial charge in [-0.1, -0.05) is 13.8 Å². The van der Waals surface area contributed by atoms with Crippen molar-refractivity contribution in [3.63, 3.8) is 0 Å². The van der Waals surface area contributed by atoms with Gasteiger partial charge in [0.1, 0.15) is 0 Å². The Morgan fingerprint density at radius 2 is 2.26 bits per heavy atom. The van der Waals surface area contributed by atoms with Crippen LogP contribution in [-0.2, 0) is 14.3 Å². The first kappa shape index (κ1) is 14.8. The minimum absolute atomic E-state index is 0.125. The number of aliphatic carboxylic acids is 1. The normalized spacial score (nSPS) is 31.5. The van der Waals surface area contributed by atoms with Gasteiger partial charge in [-0.3, -0.25) is 9.69 Å². The molecule has 2 heterocycles. The van der Waals surface area contributed by atoms with Gasteiger partial charge in [0.15, 0.2) is 0 Å². The van der Waals surface area contributed by atoms with Crippen LogP contribution in [0.4, 0.5) is 0 Å². The van der Waals surface area contributed by atoms with Gasteiger partial charge in [0, 0.05) is 32.2 Å². The first-order valence-electron chi connectivity index (χ1n) is 7.18. The quantitative estimate of drug-likeness (QED) is 0.818. The van der Waals surface area contributed by atoms with Crippen LogP contribution >= 0.6 is 0 Å². The Labute approximate surface area is 114 Å². The lowest BCUT2D eigenvalue weighted by atomic mass is 9.88. The van der Waals surface area contributed by atoms with E-state index < -0.39 is 5.97 Å². The molecular weight excluding hydrogens is 246 g/mol. The zero-order chi connectivity index (χ0) is 13.9. The largest absolute Gasteiger partial charge is 0.480 e. The number of hydrogen-bond donors (Lipinski definition) is 1. The van der Waals surface area contributed by atoms with Crippen molar-refractivity contribution in [1.29, 1.82) is 0 Å². The van der Waals surface area contributed by atoms with Crippen molar-refractivity contribution < 1.29 is 19.4 Å². The maximum atomic E-state index is 11.0. The standard InChI is InChI=1S/C14H25NO4/c1-11(2)8-15(9-13(16)17)12-3-5-19-14(7-12)4-6-18-10-14/h11-12H,3-10H2,1-2H3,(H,16,17). The Morgan fingerprint density at radius 1 is 1.47 bits per heavy atom. The molecule has 0 radical (unpaired) electrons. The summed E-state index contributed by atoms with van der Waals surface area (Å²) in [5.74, 6) is -0.276. The lowest BCUT2D eigenvalue weighted by Crippen LogP contribution is -2.51. The van der Waals surface area contributed by atoms with Crippen molar-refractivity contribution in [2.75, 3.05) is 32.9 Å². The molecule has 2 aliphatic rings. The molecule has 2 rings (SSSR count). The fourth-order valence-electron chi connectivity index (χ4n) is 3.16.